The number of aromatic nitrogens is 1. The van der Waals surface area contributed by atoms with Crippen LogP contribution in [0, 0.1) is 0 Å². The Kier molecular flexibility index (Phi) is 3.55. The van der Waals surface area contributed by atoms with E-state index in [1.165, 1.54) is 0 Å². The van der Waals surface area contributed by atoms with Gasteiger partial charge in [-0.2, -0.15) is 0 Å². The SMILES string of the molecule is FCCOCc1cccnc1. The number of nitrogens with zero attached hydrogens (tertiary/aromatic N) is 1. The summed E-state index contributed by atoms with van der Waals surface area (Å²) >= 11 is 0. The second-order valence-electron chi connectivity index (χ2n) is 2.10. The summed E-state index contributed by atoms with van der Waals surface area (Å²) in [6.45, 7) is 0.174. The Morgan fingerprint density at radius 1 is 1.55 bits per heavy atom. The Bertz CT molecular complexity index is 191. The number of pyridine rings is 1. The van der Waals surface area contributed by atoms with Crippen molar-refractivity contribution in [2.24, 2.45) is 0 Å². The summed E-state index contributed by atoms with van der Waals surface area (Å²) in [4.78, 5) is 3.89. The second-order valence-corrected chi connectivity index (χ2v) is 2.10. The van der Waals surface area contributed by atoms with Crippen molar-refractivity contribution in [1.82, 2.24) is 4.98 Å². The quantitative estimate of drug-likeness (QED) is 0.616. The number of ether oxygens (including phenoxy) is 1. The van der Waals surface area contributed by atoms with Crippen molar-refractivity contribution in [3.63, 3.8) is 0 Å². The van der Waals surface area contributed by atoms with E-state index in [1.54, 1.807) is 12.4 Å². The van der Waals surface area contributed by atoms with Crippen molar-refractivity contribution in [2.75, 3.05) is 13.3 Å². The van der Waals surface area contributed by atoms with E-state index in [0.717, 1.165) is 5.56 Å². The fraction of sp³-hybridized carbons (Fsp3) is 0.375. The van der Waals surface area contributed by atoms with Gasteiger partial charge in [-0.15, -0.1) is 0 Å². The normalized spacial score (nSPS) is 9.91. The highest BCUT2D eigenvalue weighted by atomic mass is 19.1. The summed E-state index contributed by atoms with van der Waals surface area (Å²) in [5.41, 5.74) is 0.973. The van der Waals surface area contributed by atoms with Gasteiger partial charge < -0.3 is 4.74 Å². The van der Waals surface area contributed by atoms with E-state index in [4.69, 9.17) is 4.74 Å². The van der Waals surface area contributed by atoms with Gasteiger partial charge in [0.15, 0.2) is 0 Å². The molecule has 0 aliphatic carbocycles. The Morgan fingerprint density at radius 3 is 3.09 bits per heavy atom. The maximum atomic E-state index is 11.6. The first-order valence-electron chi connectivity index (χ1n) is 3.46. The third kappa shape index (κ3) is 3.09. The molecule has 0 spiro atoms. The van der Waals surface area contributed by atoms with Crippen LogP contribution in [0.1, 0.15) is 5.56 Å². The van der Waals surface area contributed by atoms with Gasteiger partial charge in [0.2, 0.25) is 0 Å². The number of alkyl halides is 1. The standard InChI is InChI=1S/C8H10FNO/c9-3-5-11-7-8-2-1-4-10-6-8/h1-2,4,6H,3,5,7H2. The molecule has 60 valence electrons. The average molecular weight is 155 g/mol. The molecule has 0 bridgehead atoms. The lowest BCUT2D eigenvalue weighted by Crippen LogP contribution is -1.96. The molecule has 1 aromatic heterocycles. The molecule has 0 aliphatic heterocycles. The van der Waals surface area contributed by atoms with E-state index in [9.17, 15) is 4.39 Å². The highest BCUT2D eigenvalue weighted by Crippen LogP contribution is 1.97. The zero-order valence-electron chi connectivity index (χ0n) is 6.16. The van der Waals surface area contributed by atoms with Crippen molar-refractivity contribution < 1.29 is 9.13 Å². The number of hydrogen-bond donors (Lipinski definition) is 0. The predicted octanol–water partition coefficient (Wildman–Crippen LogP) is 1.57. The number of hydrogen-bond acceptors (Lipinski definition) is 2. The van der Waals surface area contributed by atoms with Crippen molar-refractivity contribution in [1.29, 1.82) is 0 Å². The van der Waals surface area contributed by atoms with Crippen LogP contribution in [0.2, 0.25) is 0 Å². The van der Waals surface area contributed by atoms with E-state index >= 15 is 0 Å². The molecule has 0 amide bonds. The minimum Gasteiger partial charge on any atom is -0.374 e. The molecule has 0 radical (unpaired) electrons. The second kappa shape index (κ2) is 4.79. The first-order valence-corrected chi connectivity index (χ1v) is 3.46. The van der Waals surface area contributed by atoms with Crippen molar-refractivity contribution in [3.8, 4) is 0 Å². The molecule has 1 heterocycles. The van der Waals surface area contributed by atoms with Crippen LogP contribution < -0.4 is 0 Å². The van der Waals surface area contributed by atoms with Crippen LogP contribution in [0.3, 0.4) is 0 Å². The molecule has 1 rings (SSSR count). The Labute approximate surface area is 65.0 Å². The molecule has 3 heteroatoms. The molecule has 0 unspecified atom stereocenters. The summed E-state index contributed by atoms with van der Waals surface area (Å²) in [5, 5.41) is 0. The zero-order valence-corrected chi connectivity index (χ0v) is 6.16. The molecule has 0 saturated heterocycles. The summed E-state index contributed by atoms with van der Waals surface area (Å²) in [7, 11) is 0. The fourth-order valence-corrected chi connectivity index (χ4v) is 0.728. The lowest BCUT2D eigenvalue weighted by molar-refractivity contribution is 0.106. The van der Waals surface area contributed by atoms with E-state index in [-0.39, 0.29) is 6.61 Å². The van der Waals surface area contributed by atoms with Gasteiger partial charge in [0.05, 0.1) is 13.2 Å². The van der Waals surface area contributed by atoms with Gasteiger partial charge in [-0.1, -0.05) is 6.07 Å². The van der Waals surface area contributed by atoms with Gasteiger partial charge in [-0.25, -0.2) is 4.39 Å². The molecule has 0 atom stereocenters. The molecule has 0 N–H and O–H groups in total. The summed E-state index contributed by atoms with van der Waals surface area (Å²) < 4.78 is 16.5. The fourth-order valence-electron chi connectivity index (χ4n) is 0.728. The maximum Gasteiger partial charge on any atom is 0.113 e. The molecule has 0 aliphatic rings. The summed E-state index contributed by atoms with van der Waals surface area (Å²) in [6, 6.07) is 3.72. The molecule has 11 heavy (non-hydrogen) atoms. The lowest BCUT2D eigenvalue weighted by Gasteiger charge is -1.99. The van der Waals surface area contributed by atoms with Gasteiger partial charge in [0.25, 0.3) is 0 Å². The van der Waals surface area contributed by atoms with Crippen LogP contribution in [0.4, 0.5) is 4.39 Å². The topological polar surface area (TPSA) is 22.1 Å². The van der Waals surface area contributed by atoms with Crippen LogP contribution in [0.5, 0.6) is 0 Å². The van der Waals surface area contributed by atoms with Crippen LogP contribution in [0.15, 0.2) is 24.5 Å². The van der Waals surface area contributed by atoms with Crippen molar-refractivity contribution in [3.05, 3.63) is 30.1 Å². The monoisotopic (exact) mass is 155 g/mol. The Balaban J connectivity index is 2.28. The molecular weight excluding hydrogens is 145 g/mol. The molecule has 2 nitrogen and oxygen atoms in total. The highest BCUT2D eigenvalue weighted by Gasteiger charge is 1.90. The molecule has 1 aromatic rings. The van der Waals surface area contributed by atoms with Crippen LogP contribution in [-0.4, -0.2) is 18.3 Å². The lowest BCUT2D eigenvalue weighted by atomic mass is 10.3. The Morgan fingerprint density at radius 2 is 2.45 bits per heavy atom. The third-order valence-electron chi connectivity index (χ3n) is 1.21. The highest BCUT2D eigenvalue weighted by molar-refractivity contribution is 5.06. The smallest absolute Gasteiger partial charge is 0.113 e. The summed E-state index contributed by atoms with van der Waals surface area (Å²) in [6.07, 6.45) is 3.40. The van der Waals surface area contributed by atoms with Gasteiger partial charge in [0.1, 0.15) is 6.67 Å². The van der Waals surface area contributed by atoms with Crippen molar-refractivity contribution >= 4 is 0 Å². The number of halogens is 1. The molecule has 0 fully saturated rings. The number of rotatable bonds is 4. The third-order valence-corrected chi connectivity index (χ3v) is 1.21. The summed E-state index contributed by atoms with van der Waals surface area (Å²) in [5.74, 6) is 0. The van der Waals surface area contributed by atoms with E-state index in [0.29, 0.717) is 6.61 Å². The molecule has 0 saturated carbocycles. The first-order chi connectivity index (χ1) is 5.43. The van der Waals surface area contributed by atoms with E-state index < -0.39 is 6.67 Å². The van der Waals surface area contributed by atoms with E-state index in [1.807, 2.05) is 12.1 Å². The predicted molar refractivity (Wildman–Crippen MR) is 39.9 cm³/mol. The van der Waals surface area contributed by atoms with Gasteiger partial charge in [-0.3, -0.25) is 4.98 Å². The van der Waals surface area contributed by atoms with Crippen LogP contribution in [0.25, 0.3) is 0 Å². The van der Waals surface area contributed by atoms with Crippen LogP contribution in [-0.2, 0) is 11.3 Å². The molecule has 0 aromatic carbocycles. The minimum atomic E-state index is -0.430. The minimum absolute atomic E-state index is 0.162. The van der Waals surface area contributed by atoms with E-state index in [2.05, 4.69) is 4.98 Å². The van der Waals surface area contributed by atoms with Gasteiger partial charge >= 0.3 is 0 Å². The largest absolute Gasteiger partial charge is 0.374 e. The first kappa shape index (κ1) is 8.14. The Hall–Kier alpha value is -0.960. The average Bonchev–Trinajstić information content (AvgIpc) is 2.07. The van der Waals surface area contributed by atoms with Gasteiger partial charge in [-0.05, 0) is 11.6 Å². The maximum absolute atomic E-state index is 11.6. The van der Waals surface area contributed by atoms with Gasteiger partial charge in [0, 0.05) is 12.4 Å². The zero-order chi connectivity index (χ0) is 7.94. The molecular formula is C8H10FNO. The van der Waals surface area contributed by atoms with Crippen molar-refractivity contribution in [2.45, 2.75) is 6.61 Å². The van der Waals surface area contributed by atoms with Crippen LogP contribution >= 0.6 is 0 Å².